The van der Waals surface area contributed by atoms with Gasteiger partial charge < -0.3 is 4.81 Å². The topological polar surface area (TPSA) is 3.24 Å². The molecule has 1 nitrogen and oxygen atoms in total. The van der Waals surface area contributed by atoms with E-state index in [9.17, 15) is 17.6 Å². The fourth-order valence-corrected chi connectivity index (χ4v) is 8.10. The summed E-state index contributed by atoms with van der Waals surface area (Å²) in [5.41, 5.74) is 13.6. The summed E-state index contributed by atoms with van der Waals surface area (Å²) in [4.78, 5) is 2.08. The molecule has 0 bridgehead atoms. The average molecular weight is 722 g/mol. The SMILES string of the molecule is Fc1ccc(-c2ccccc2)c(Cc2cc(F)ccc2-c2ccccc2)c1.Fc1ccc2c(c1)N1B(c3ccccc3-2)c2ccccc2-c2ccc(F)cc21. The zero-order chi connectivity index (χ0) is 37.5. The Balaban J connectivity index is 0.000000144. The van der Waals surface area contributed by atoms with E-state index >= 15 is 0 Å². The first kappa shape index (κ1) is 34.1. The minimum absolute atomic E-state index is 0.129. The van der Waals surface area contributed by atoms with Crippen molar-refractivity contribution in [1.29, 1.82) is 0 Å². The van der Waals surface area contributed by atoms with Gasteiger partial charge >= 0.3 is 6.85 Å². The Morgan fingerprint density at radius 3 is 1.15 bits per heavy atom. The summed E-state index contributed by atoms with van der Waals surface area (Å²) in [6.07, 6.45) is 0.448. The molecule has 0 radical (unpaired) electrons. The number of rotatable bonds is 4. The van der Waals surface area contributed by atoms with Crippen LogP contribution in [-0.2, 0) is 6.42 Å². The second kappa shape index (κ2) is 14.3. The smallest absolute Gasteiger partial charge is 0.329 e. The molecule has 6 heteroatoms. The first-order valence-corrected chi connectivity index (χ1v) is 18.2. The van der Waals surface area contributed by atoms with E-state index in [-0.39, 0.29) is 30.1 Å². The summed E-state index contributed by atoms with van der Waals surface area (Å²) in [7, 11) is 0. The number of fused-ring (bicyclic) bond motifs is 11. The van der Waals surface area contributed by atoms with Crippen LogP contribution >= 0.6 is 0 Å². The van der Waals surface area contributed by atoms with Crippen LogP contribution in [0.2, 0.25) is 0 Å². The van der Waals surface area contributed by atoms with Gasteiger partial charge in [-0.15, -0.1) is 0 Å². The van der Waals surface area contributed by atoms with Crippen molar-refractivity contribution >= 4 is 29.1 Å². The van der Waals surface area contributed by atoms with Crippen LogP contribution < -0.4 is 15.7 Å². The summed E-state index contributed by atoms with van der Waals surface area (Å²) >= 11 is 0. The van der Waals surface area contributed by atoms with Gasteiger partial charge in [0.05, 0.1) is 0 Å². The molecule has 8 aromatic carbocycles. The lowest BCUT2D eigenvalue weighted by Gasteiger charge is -2.43. The Bertz CT molecular complexity index is 2510. The maximum absolute atomic E-state index is 14.3. The predicted molar refractivity (Wildman–Crippen MR) is 217 cm³/mol. The van der Waals surface area contributed by atoms with Gasteiger partial charge in [0.2, 0.25) is 0 Å². The van der Waals surface area contributed by atoms with Crippen molar-refractivity contribution in [1.82, 2.24) is 0 Å². The molecular formula is C49H32BF4N. The Hall–Kier alpha value is -6.66. The molecule has 10 rings (SSSR count). The maximum atomic E-state index is 14.3. The van der Waals surface area contributed by atoms with Crippen LogP contribution in [-0.4, -0.2) is 6.85 Å². The monoisotopic (exact) mass is 721 g/mol. The quantitative estimate of drug-likeness (QED) is 0.129. The molecule has 0 unspecified atom stereocenters. The molecule has 2 aliphatic rings. The lowest BCUT2D eigenvalue weighted by Crippen LogP contribution is -2.59. The summed E-state index contributed by atoms with van der Waals surface area (Å²) in [5.74, 6) is -1.17. The highest BCUT2D eigenvalue weighted by atomic mass is 19.1. The fourth-order valence-electron chi connectivity index (χ4n) is 8.10. The second-order valence-electron chi connectivity index (χ2n) is 13.8. The van der Waals surface area contributed by atoms with E-state index in [4.69, 9.17) is 0 Å². The normalized spacial score (nSPS) is 12.0. The van der Waals surface area contributed by atoms with E-state index in [1.54, 1.807) is 36.4 Å². The van der Waals surface area contributed by atoms with Crippen LogP contribution in [0.1, 0.15) is 11.1 Å². The van der Waals surface area contributed by atoms with E-state index in [0.29, 0.717) is 6.42 Å². The van der Waals surface area contributed by atoms with Gasteiger partial charge in [-0.3, -0.25) is 0 Å². The molecule has 55 heavy (non-hydrogen) atoms. The van der Waals surface area contributed by atoms with Crippen molar-refractivity contribution in [3.05, 3.63) is 216 Å². The van der Waals surface area contributed by atoms with Gasteiger partial charge in [-0.2, -0.15) is 0 Å². The van der Waals surface area contributed by atoms with Crippen LogP contribution in [0.25, 0.3) is 44.5 Å². The largest absolute Gasteiger partial charge is 0.376 e. The number of anilines is 2. The standard InChI is InChI=1S/C25H18F2.C24H14BF2N/c26-22-11-13-24(18-7-3-1-4-8-18)20(16-22)15-21-17-23(27)12-14-25(21)19-9-5-2-6-10-19;26-15-9-11-19-17-5-1-3-7-21(17)25-22-8-4-2-6-18(22)20-12-10-16(27)14-24(20)28(25)23(19)13-15/h1-14,16-17H,15H2;1-14H. The molecule has 0 saturated carbocycles. The van der Waals surface area contributed by atoms with E-state index in [0.717, 1.165) is 77.9 Å². The highest BCUT2D eigenvalue weighted by Gasteiger charge is 2.42. The lowest BCUT2D eigenvalue weighted by atomic mass is 9.43. The first-order valence-electron chi connectivity index (χ1n) is 18.2. The molecule has 264 valence electrons. The van der Waals surface area contributed by atoms with Gasteiger partial charge in [0.1, 0.15) is 23.3 Å². The molecular weight excluding hydrogens is 689 g/mol. The predicted octanol–water partition coefficient (Wildman–Crippen LogP) is 11.8. The van der Waals surface area contributed by atoms with Crippen LogP contribution in [0, 0.1) is 23.3 Å². The third-order valence-corrected chi connectivity index (χ3v) is 10.5. The Kier molecular flexibility index (Phi) is 8.87. The average Bonchev–Trinajstić information content (AvgIpc) is 3.21. The molecule has 0 atom stereocenters. The number of hydrogen-bond acceptors (Lipinski definition) is 1. The van der Waals surface area contributed by atoms with Crippen molar-refractivity contribution < 1.29 is 17.6 Å². The third-order valence-electron chi connectivity index (χ3n) is 10.5. The fraction of sp³-hybridized carbons (Fsp3) is 0.0204. The Morgan fingerprint density at radius 2 is 0.709 bits per heavy atom. The minimum atomic E-state index is -0.298. The van der Waals surface area contributed by atoms with Gasteiger partial charge in [-0.25, -0.2) is 17.6 Å². The second-order valence-corrected chi connectivity index (χ2v) is 13.8. The third kappa shape index (κ3) is 6.40. The molecule has 2 aliphatic heterocycles. The molecule has 0 fully saturated rings. The molecule has 0 amide bonds. The van der Waals surface area contributed by atoms with Gasteiger partial charge in [-0.05, 0) is 123 Å². The van der Waals surface area contributed by atoms with Crippen molar-refractivity contribution in [2.24, 2.45) is 0 Å². The van der Waals surface area contributed by atoms with Crippen LogP contribution in [0.5, 0.6) is 0 Å². The molecule has 0 saturated heterocycles. The van der Waals surface area contributed by atoms with E-state index in [2.05, 4.69) is 29.1 Å². The Labute approximate surface area is 317 Å². The summed E-state index contributed by atoms with van der Waals surface area (Å²) < 4.78 is 56.5. The highest BCUT2D eigenvalue weighted by molar-refractivity contribution is 6.92. The van der Waals surface area contributed by atoms with Crippen molar-refractivity contribution in [3.8, 4) is 44.5 Å². The molecule has 0 spiro atoms. The minimum Gasteiger partial charge on any atom is -0.376 e. The van der Waals surface area contributed by atoms with Crippen LogP contribution in [0.4, 0.5) is 28.9 Å². The zero-order valence-electron chi connectivity index (χ0n) is 29.6. The molecule has 0 N–H and O–H groups in total. The summed E-state index contributed by atoms with van der Waals surface area (Å²) in [5, 5.41) is 0. The van der Waals surface area contributed by atoms with Gasteiger partial charge in [0, 0.05) is 22.5 Å². The summed E-state index contributed by atoms with van der Waals surface area (Å²) in [6.45, 7) is -0.129. The zero-order valence-corrected chi connectivity index (χ0v) is 29.6. The number of hydrogen-bond donors (Lipinski definition) is 0. The van der Waals surface area contributed by atoms with Gasteiger partial charge in [-0.1, -0.05) is 121 Å². The molecule has 0 aromatic heterocycles. The van der Waals surface area contributed by atoms with Crippen LogP contribution in [0.3, 0.4) is 0 Å². The van der Waals surface area contributed by atoms with Crippen molar-refractivity contribution in [3.63, 3.8) is 0 Å². The van der Waals surface area contributed by atoms with Gasteiger partial charge in [0.25, 0.3) is 0 Å². The van der Waals surface area contributed by atoms with Crippen LogP contribution in [0.15, 0.2) is 182 Å². The van der Waals surface area contributed by atoms with Crippen molar-refractivity contribution in [2.45, 2.75) is 6.42 Å². The molecule has 0 aliphatic carbocycles. The van der Waals surface area contributed by atoms with E-state index in [1.807, 2.05) is 97.1 Å². The maximum Gasteiger partial charge on any atom is 0.329 e. The molecule has 2 heterocycles. The van der Waals surface area contributed by atoms with Gasteiger partial charge in [0.15, 0.2) is 0 Å². The number of halogens is 4. The Morgan fingerprint density at radius 1 is 0.345 bits per heavy atom. The van der Waals surface area contributed by atoms with E-state index in [1.165, 1.54) is 24.3 Å². The van der Waals surface area contributed by atoms with E-state index < -0.39 is 0 Å². The summed E-state index contributed by atoms with van der Waals surface area (Å²) in [6, 6.07) is 55.5. The number of benzene rings is 8. The van der Waals surface area contributed by atoms with Crippen molar-refractivity contribution in [2.75, 3.05) is 4.81 Å². The highest BCUT2D eigenvalue weighted by Crippen LogP contribution is 2.46. The first-order chi connectivity index (χ1) is 26.9. The number of nitrogens with zero attached hydrogens (tertiary/aromatic N) is 1. The lowest BCUT2D eigenvalue weighted by molar-refractivity contribution is 0.624. The molecule has 8 aromatic rings.